The summed E-state index contributed by atoms with van der Waals surface area (Å²) in [6.45, 7) is 2.04. The average molecular weight is 434 g/mol. The first-order valence-corrected chi connectivity index (χ1v) is 9.51. The third kappa shape index (κ3) is 3.94. The molecule has 1 spiro atoms. The van der Waals surface area contributed by atoms with E-state index in [4.69, 9.17) is 4.74 Å². The molecule has 2 aliphatic heterocycles. The first kappa shape index (κ1) is 21.2. The Labute approximate surface area is 168 Å². The van der Waals surface area contributed by atoms with E-state index in [1.165, 1.54) is 6.92 Å². The van der Waals surface area contributed by atoms with E-state index in [0.29, 0.717) is 37.9 Å². The van der Waals surface area contributed by atoms with Crippen LogP contribution >= 0.6 is 0 Å². The second-order valence-electron chi connectivity index (χ2n) is 8.28. The first-order valence-electron chi connectivity index (χ1n) is 9.51. The number of hydrogen-bond donors (Lipinski definition) is 2. The largest absolute Gasteiger partial charge is 0.416 e. The molecule has 30 heavy (non-hydrogen) atoms. The molecule has 3 unspecified atom stereocenters. The van der Waals surface area contributed by atoms with Crippen molar-refractivity contribution < 1.29 is 35.9 Å². The van der Waals surface area contributed by atoms with Crippen LogP contribution in [0.5, 0.6) is 0 Å². The molecule has 10 heteroatoms. The van der Waals surface area contributed by atoms with E-state index in [2.05, 4.69) is 10.6 Å². The van der Waals surface area contributed by atoms with Gasteiger partial charge < -0.3 is 15.4 Å². The van der Waals surface area contributed by atoms with Crippen LogP contribution in [0.3, 0.4) is 0 Å². The Balaban J connectivity index is 1.48. The predicted octanol–water partition coefficient (Wildman–Crippen LogP) is 4.12. The number of hydrogen-bond acceptors (Lipinski definition) is 3. The number of fused-ring (bicyclic) bond motifs is 1. The fourth-order valence-electron chi connectivity index (χ4n) is 4.11. The van der Waals surface area contributed by atoms with Crippen LogP contribution < -0.4 is 10.6 Å². The lowest BCUT2D eigenvalue weighted by Crippen LogP contribution is -2.55. The van der Waals surface area contributed by atoms with Gasteiger partial charge in [-0.05, 0) is 49.1 Å². The molecule has 1 aromatic rings. The summed E-state index contributed by atoms with van der Waals surface area (Å²) in [6.07, 6.45) is -6.96. The molecule has 2 fully saturated rings. The van der Waals surface area contributed by atoms with Crippen LogP contribution in [0.2, 0.25) is 0 Å². The highest BCUT2D eigenvalue weighted by atomic mass is 19.4. The minimum Gasteiger partial charge on any atom is -0.372 e. The summed E-state index contributed by atoms with van der Waals surface area (Å²) < 4.78 is 84.1. The number of carbonyl (C=O) groups is 1. The second-order valence-corrected chi connectivity index (χ2v) is 8.28. The Kier molecular flexibility index (Phi) is 4.74. The Morgan fingerprint density at radius 3 is 2.23 bits per heavy atom. The normalized spacial score (nSPS) is 29.4. The van der Waals surface area contributed by atoms with Crippen LogP contribution in [0.15, 0.2) is 29.8 Å². The second kappa shape index (κ2) is 6.71. The van der Waals surface area contributed by atoms with Gasteiger partial charge in [0, 0.05) is 13.0 Å². The first-order chi connectivity index (χ1) is 13.8. The number of nitrogens with one attached hydrogen (secondary N) is 2. The molecule has 1 saturated heterocycles. The van der Waals surface area contributed by atoms with Gasteiger partial charge in [-0.1, -0.05) is 6.08 Å². The van der Waals surface area contributed by atoms with Crippen LogP contribution in [-0.4, -0.2) is 30.1 Å². The Morgan fingerprint density at radius 2 is 1.73 bits per heavy atom. The van der Waals surface area contributed by atoms with Gasteiger partial charge in [-0.2, -0.15) is 26.3 Å². The third-order valence-electron chi connectivity index (χ3n) is 6.02. The highest BCUT2D eigenvalue weighted by molar-refractivity contribution is 5.80. The molecule has 1 aliphatic carbocycles. The van der Waals surface area contributed by atoms with Gasteiger partial charge in [0.2, 0.25) is 5.91 Å². The van der Waals surface area contributed by atoms with Crippen molar-refractivity contribution in [1.29, 1.82) is 0 Å². The molecule has 164 valence electrons. The number of alkyl halides is 6. The minimum absolute atomic E-state index is 0.0170. The maximum Gasteiger partial charge on any atom is 0.416 e. The standard InChI is InChI=1S/C20H20F6N2O2/c1-11(12-4-13(19(21,22)23)6-14(5-12)20(24,25)26)30-10-18-8-15(18)7-17(9-27-18)3-2-16(29)28-17/h4-7,11,27H,2-3,8-10H2,1H3,(H,28,29). The third-order valence-corrected chi connectivity index (χ3v) is 6.02. The lowest BCUT2D eigenvalue weighted by Gasteiger charge is -2.33. The Bertz CT molecular complexity index is 877. The van der Waals surface area contributed by atoms with Gasteiger partial charge in [-0.15, -0.1) is 0 Å². The van der Waals surface area contributed by atoms with Gasteiger partial charge in [0.25, 0.3) is 0 Å². The van der Waals surface area contributed by atoms with Crippen molar-refractivity contribution in [2.45, 2.75) is 55.7 Å². The molecule has 0 aromatic heterocycles. The number of ether oxygens (including phenoxy) is 1. The number of carbonyl (C=O) groups excluding carboxylic acids is 1. The predicted molar refractivity (Wildman–Crippen MR) is 94.4 cm³/mol. The smallest absolute Gasteiger partial charge is 0.372 e. The minimum atomic E-state index is -4.90. The van der Waals surface area contributed by atoms with Gasteiger partial charge in [0.15, 0.2) is 0 Å². The molecule has 2 N–H and O–H groups in total. The topological polar surface area (TPSA) is 50.4 Å². The van der Waals surface area contributed by atoms with Gasteiger partial charge in [0.05, 0.1) is 34.9 Å². The van der Waals surface area contributed by atoms with Gasteiger partial charge >= 0.3 is 12.4 Å². The SMILES string of the molecule is CC(OCC12CC1=CC1(CCC(=O)N1)CN2)c1cc(C(F)(F)F)cc(C(F)(F)F)c1. The molecule has 0 radical (unpaired) electrons. The summed E-state index contributed by atoms with van der Waals surface area (Å²) >= 11 is 0. The lowest BCUT2D eigenvalue weighted by molar-refractivity contribution is -0.143. The summed E-state index contributed by atoms with van der Waals surface area (Å²) in [6, 6.07) is 1.49. The van der Waals surface area contributed by atoms with Crippen molar-refractivity contribution >= 4 is 5.91 Å². The van der Waals surface area contributed by atoms with E-state index in [1.54, 1.807) is 0 Å². The number of amides is 1. The van der Waals surface area contributed by atoms with Crippen molar-refractivity contribution in [3.63, 3.8) is 0 Å². The van der Waals surface area contributed by atoms with E-state index in [1.807, 2.05) is 6.08 Å². The van der Waals surface area contributed by atoms with Gasteiger partial charge in [0.1, 0.15) is 0 Å². The van der Waals surface area contributed by atoms with Crippen molar-refractivity contribution in [2.24, 2.45) is 0 Å². The zero-order valence-corrected chi connectivity index (χ0v) is 16.0. The van der Waals surface area contributed by atoms with Crippen molar-refractivity contribution in [1.82, 2.24) is 10.6 Å². The quantitative estimate of drug-likeness (QED) is 0.554. The summed E-state index contributed by atoms with van der Waals surface area (Å²) in [7, 11) is 0. The monoisotopic (exact) mass is 434 g/mol. The molecular weight excluding hydrogens is 414 g/mol. The molecule has 3 atom stereocenters. The molecule has 4 nitrogen and oxygen atoms in total. The van der Waals surface area contributed by atoms with Crippen LogP contribution in [-0.2, 0) is 21.9 Å². The van der Waals surface area contributed by atoms with Crippen LogP contribution in [0.1, 0.15) is 49.0 Å². The lowest BCUT2D eigenvalue weighted by atomic mass is 9.92. The van der Waals surface area contributed by atoms with E-state index >= 15 is 0 Å². The van der Waals surface area contributed by atoms with E-state index in [-0.39, 0.29) is 24.1 Å². The molecular formula is C20H20F6N2O2. The Morgan fingerprint density at radius 1 is 1.10 bits per heavy atom. The highest BCUT2D eigenvalue weighted by Gasteiger charge is 2.55. The van der Waals surface area contributed by atoms with Gasteiger partial charge in [-0.25, -0.2) is 0 Å². The molecule has 1 saturated carbocycles. The number of benzene rings is 1. The molecule has 2 heterocycles. The van der Waals surface area contributed by atoms with E-state index in [9.17, 15) is 31.1 Å². The van der Waals surface area contributed by atoms with Crippen molar-refractivity contribution in [2.75, 3.05) is 13.2 Å². The fourth-order valence-corrected chi connectivity index (χ4v) is 4.11. The molecule has 1 amide bonds. The summed E-state index contributed by atoms with van der Waals surface area (Å²) in [5, 5.41) is 6.28. The number of halogens is 6. The highest BCUT2D eigenvalue weighted by Crippen LogP contribution is 2.49. The molecule has 0 bridgehead atoms. The maximum atomic E-state index is 13.1. The Hall–Kier alpha value is -2.07. The van der Waals surface area contributed by atoms with Crippen LogP contribution in [0.4, 0.5) is 26.3 Å². The summed E-state index contributed by atoms with van der Waals surface area (Å²) in [5.74, 6) is -0.0170. The summed E-state index contributed by atoms with van der Waals surface area (Å²) in [5.41, 5.74) is -2.76. The number of rotatable bonds is 4. The van der Waals surface area contributed by atoms with E-state index < -0.39 is 40.7 Å². The fraction of sp³-hybridized carbons (Fsp3) is 0.550. The van der Waals surface area contributed by atoms with Crippen molar-refractivity contribution in [3.05, 3.63) is 46.5 Å². The van der Waals surface area contributed by atoms with E-state index in [0.717, 1.165) is 5.57 Å². The molecule has 3 aliphatic rings. The maximum absolute atomic E-state index is 13.1. The summed E-state index contributed by atoms with van der Waals surface area (Å²) in [4.78, 5) is 11.5. The zero-order valence-electron chi connectivity index (χ0n) is 16.0. The van der Waals surface area contributed by atoms with Crippen molar-refractivity contribution in [3.8, 4) is 0 Å². The molecule has 1 aromatic carbocycles. The van der Waals surface area contributed by atoms with Gasteiger partial charge in [-0.3, -0.25) is 4.79 Å². The molecule has 4 rings (SSSR count). The van der Waals surface area contributed by atoms with Crippen LogP contribution in [0.25, 0.3) is 0 Å². The average Bonchev–Trinajstić information content (AvgIpc) is 3.24. The zero-order chi connectivity index (χ0) is 21.9. The van der Waals surface area contributed by atoms with Crippen LogP contribution in [0, 0.1) is 0 Å².